The molecule has 0 fully saturated rings. The van der Waals surface area contributed by atoms with E-state index < -0.39 is 6.10 Å². The smallest absolute Gasteiger partial charge is 0.124 e. The van der Waals surface area contributed by atoms with E-state index in [1.165, 1.54) is 0 Å². The normalized spacial score (nSPS) is 12.2. The van der Waals surface area contributed by atoms with Gasteiger partial charge in [-0.1, -0.05) is 11.6 Å². The first-order valence-electron chi connectivity index (χ1n) is 6.03. The Kier molecular flexibility index (Phi) is 4.56. The second-order valence-electron chi connectivity index (χ2n) is 4.43. The Morgan fingerprint density at radius 3 is 2.74 bits per heavy atom. The summed E-state index contributed by atoms with van der Waals surface area (Å²) >= 11 is 3.34. The molecule has 1 unspecified atom stereocenters. The lowest BCUT2D eigenvalue weighted by atomic mass is 10.0. The predicted octanol–water partition coefficient (Wildman–Crippen LogP) is 3.44. The fourth-order valence-electron chi connectivity index (χ4n) is 1.95. The van der Waals surface area contributed by atoms with Gasteiger partial charge in [0, 0.05) is 28.3 Å². The Balaban J connectivity index is 2.21. The van der Waals surface area contributed by atoms with Crippen molar-refractivity contribution in [1.82, 2.24) is 4.98 Å². The van der Waals surface area contributed by atoms with Gasteiger partial charge in [-0.3, -0.25) is 4.98 Å². The van der Waals surface area contributed by atoms with Crippen molar-refractivity contribution in [1.29, 1.82) is 0 Å². The van der Waals surface area contributed by atoms with Crippen molar-refractivity contribution in [3.8, 4) is 5.75 Å². The number of benzene rings is 1. The minimum Gasteiger partial charge on any atom is -0.496 e. The van der Waals surface area contributed by atoms with E-state index in [-0.39, 0.29) is 0 Å². The van der Waals surface area contributed by atoms with Gasteiger partial charge < -0.3 is 9.84 Å². The van der Waals surface area contributed by atoms with E-state index in [4.69, 9.17) is 4.74 Å². The maximum absolute atomic E-state index is 10.3. The highest BCUT2D eigenvalue weighted by Gasteiger charge is 2.14. The molecule has 1 aromatic heterocycles. The number of ether oxygens (including phenoxy) is 1. The molecule has 0 spiro atoms. The number of pyridine rings is 1. The highest BCUT2D eigenvalue weighted by Crippen LogP contribution is 2.28. The Morgan fingerprint density at radius 1 is 1.32 bits per heavy atom. The molecule has 1 heterocycles. The van der Waals surface area contributed by atoms with Gasteiger partial charge in [0.2, 0.25) is 0 Å². The summed E-state index contributed by atoms with van der Waals surface area (Å²) in [6.45, 7) is 1.99. The summed E-state index contributed by atoms with van der Waals surface area (Å²) in [5.41, 5.74) is 2.74. The summed E-state index contributed by atoms with van der Waals surface area (Å²) in [4.78, 5) is 4.27. The quantitative estimate of drug-likeness (QED) is 0.938. The van der Waals surface area contributed by atoms with E-state index in [2.05, 4.69) is 20.9 Å². The predicted molar refractivity (Wildman–Crippen MR) is 78.3 cm³/mol. The average Bonchev–Trinajstić information content (AvgIpc) is 2.41. The fourth-order valence-corrected chi connectivity index (χ4v) is 2.18. The summed E-state index contributed by atoms with van der Waals surface area (Å²) in [6.07, 6.45) is 1.58. The fraction of sp³-hybridized carbons (Fsp3) is 0.267. The molecule has 1 aromatic carbocycles. The summed E-state index contributed by atoms with van der Waals surface area (Å²) in [7, 11) is 1.61. The van der Waals surface area contributed by atoms with Gasteiger partial charge in [0.1, 0.15) is 5.75 Å². The number of hydrogen-bond acceptors (Lipinski definition) is 3. The molecule has 0 saturated carbocycles. The summed E-state index contributed by atoms with van der Waals surface area (Å²) in [5.74, 6) is 0.704. The van der Waals surface area contributed by atoms with Gasteiger partial charge in [0.25, 0.3) is 0 Å². The number of nitrogens with zero attached hydrogens (tertiary/aromatic N) is 1. The zero-order chi connectivity index (χ0) is 13.8. The van der Waals surface area contributed by atoms with E-state index in [1.54, 1.807) is 13.3 Å². The molecule has 0 bridgehead atoms. The minimum atomic E-state index is -0.622. The topological polar surface area (TPSA) is 42.4 Å². The molecule has 3 nitrogen and oxygen atoms in total. The van der Waals surface area contributed by atoms with Crippen molar-refractivity contribution >= 4 is 15.9 Å². The van der Waals surface area contributed by atoms with E-state index in [0.29, 0.717) is 12.2 Å². The summed E-state index contributed by atoms with van der Waals surface area (Å²) in [5, 5.41) is 10.3. The molecule has 0 radical (unpaired) electrons. The number of methoxy groups -OCH3 is 1. The van der Waals surface area contributed by atoms with E-state index in [9.17, 15) is 5.11 Å². The molecule has 0 aliphatic carbocycles. The van der Waals surface area contributed by atoms with Gasteiger partial charge in [0.05, 0.1) is 13.2 Å². The lowest BCUT2D eigenvalue weighted by molar-refractivity contribution is 0.172. The monoisotopic (exact) mass is 321 g/mol. The lowest BCUT2D eigenvalue weighted by Crippen LogP contribution is -2.05. The Morgan fingerprint density at radius 2 is 2.11 bits per heavy atom. The third kappa shape index (κ3) is 3.55. The van der Waals surface area contributed by atoms with Crippen LogP contribution in [0.4, 0.5) is 0 Å². The second-order valence-corrected chi connectivity index (χ2v) is 5.35. The molecule has 2 rings (SSSR count). The number of hydrogen-bond donors (Lipinski definition) is 1. The Labute approximate surface area is 121 Å². The second kappa shape index (κ2) is 6.17. The van der Waals surface area contributed by atoms with Crippen LogP contribution in [0.1, 0.15) is 22.9 Å². The molecule has 4 heteroatoms. The summed E-state index contributed by atoms with van der Waals surface area (Å²) < 4.78 is 6.22. The molecule has 1 atom stereocenters. The first kappa shape index (κ1) is 14.0. The number of aryl methyl sites for hydroxylation is 1. The first-order chi connectivity index (χ1) is 9.10. The molecule has 1 N–H and O–H groups in total. The van der Waals surface area contributed by atoms with Crippen molar-refractivity contribution < 1.29 is 9.84 Å². The molecular weight excluding hydrogens is 306 g/mol. The van der Waals surface area contributed by atoms with Crippen molar-refractivity contribution in [2.24, 2.45) is 0 Å². The SMILES string of the molecule is COc1ccc(C)cc1C(O)Cc1ccc(Br)cn1. The zero-order valence-electron chi connectivity index (χ0n) is 10.9. The maximum atomic E-state index is 10.3. The van der Waals surface area contributed by atoms with Crippen LogP contribution >= 0.6 is 15.9 Å². The Bertz CT molecular complexity index is 555. The van der Waals surface area contributed by atoms with Gasteiger partial charge in [0.15, 0.2) is 0 Å². The zero-order valence-corrected chi connectivity index (χ0v) is 12.5. The highest BCUT2D eigenvalue weighted by atomic mass is 79.9. The number of aliphatic hydroxyl groups is 1. The van der Waals surface area contributed by atoms with Gasteiger partial charge in [-0.15, -0.1) is 0 Å². The molecule has 100 valence electrons. The number of rotatable bonds is 4. The van der Waals surface area contributed by atoms with Crippen LogP contribution in [0.15, 0.2) is 41.0 Å². The molecule has 0 aliphatic rings. The van der Waals surface area contributed by atoms with E-state index >= 15 is 0 Å². The molecule has 0 amide bonds. The standard InChI is InChI=1S/C15H16BrNO2/c1-10-3-6-15(19-2)13(7-10)14(18)8-12-5-4-11(16)9-17-12/h3-7,9,14,18H,8H2,1-2H3. The summed E-state index contributed by atoms with van der Waals surface area (Å²) in [6, 6.07) is 9.61. The molecule has 19 heavy (non-hydrogen) atoms. The van der Waals surface area contributed by atoms with Gasteiger partial charge in [-0.2, -0.15) is 0 Å². The van der Waals surface area contributed by atoms with Crippen molar-refractivity contribution in [3.05, 3.63) is 57.8 Å². The van der Waals surface area contributed by atoms with Gasteiger partial charge in [-0.25, -0.2) is 0 Å². The third-order valence-electron chi connectivity index (χ3n) is 2.94. The van der Waals surface area contributed by atoms with Crippen LogP contribution in [-0.2, 0) is 6.42 Å². The highest BCUT2D eigenvalue weighted by molar-refractivity contribution is 9.10. The molecule has 0 saturated heterocycles. The van der Waals surface area contributed by atoms with E-state index in [0.717, 1.165) is 21.3 Å². The van der Waals surface area contributed by atoms with Crippen molar-refractivity contribution in [2.45, 2.75) is 19.4 Å². The largest absolute Gasteiger partial charge is 0.496 e. The van der Waals surface area contributed by atoms with Crippen LogP contribution in [0.3, 0.4) is 0 Å². The van der Waals surface area contributed by atoms with Crippen LogP contribution in [0.25, 0.3) is 0 Å². The molecule has 2 aromatic rings. The van der Waals surface area contributed by atoms with Crippen LogP contribution in [0.2, 0.25) is 0 Å². The minimum absolute atomic E-state index is 0.465. The van der Waals surface area contributed by atoms with Crippen molar-refractivity contribution in [2.75, 3.05) is 7.11 Å². The number of aromatic nitrogens is 1. The van der Waals surface area contributed by atoms with Crippen LogP contribution in [0.5, 0.6) is 5.75 Å². The number of aliphatic hydroxyl groups excluding tert-OH is 1. The first-order valence-corrected chi connectivity index (χ1v) is 6.82. The van der Waals surface area contributed by atoms with Crippen LogP contribution in [0, 0.1) is 6.92 Å². The van der Waals surface area contributed by atoms with Crippen LogP contribution < -0.4 is 4.74 Å². The lowest BCUT2D eigenvalue weighted by Gasteiger charge is -2.15. The molecule has 0 aliphatic heterocycles. The van der Waals surface area contributed by atoms with Gasteiger partial charge >= 0.3 is 0 Å². The Hall–Kier alpha value is -1.39. The molecular formula is C15H16BrNO2. The van der Waals surface area contributed by atoms with Crippen molar-refractivity contribution in [3.63, 3.8) is 0 Å². The maximum Gasteiger partial charge on any atom is 0.124 e. The average molecular weight is 322 g/mol. The third-order valence-corrected chi connectivity index (χ3v) is 3.40. The number of halogens is 1. The van der Waals surface area contributed by atoms with Crippen LogP contribution in [-0.4, -0.2) is 17.2 Å². The van der Waals surface area contributed by atoms with E-state index in [1.807, 2.05) is 37.3 Å². The van der Waals surface area contributed by atoms with Gasteiger partial charge in [-0.05, 0) is 47.1 Å².